The zero-order valence-corrected chi connectivity index (χ0v) is 9.56. The van der Waals surface area contributed by atoms with E-state index in [9.17, 15) is 9.90 Å². The number of likely N-dealkylation sites (tertiary alicyclic amines) is 1. The van der Waals surface area contributed by atoms with Crippen molar-refractivity contribution in [3.63, 3.8) is 0 Å². The van der Waals surface area contributed by atoms with Crippen LogP contribution in [0.5, 0.6) is 0 Å². The Bertz CT molecular complexity index is 271. The average Bonchev–Trinajstić information content (AvgIpc) is 2.80. The van der Waals surface area contributed by atoms with Crippen molar-refractivity contribution in [2.45, 2.75) is 51.4 Å². The van der Waals surface area contributed by atoms with Crippen LogP contribution in [0.4, 0.5) is 4.79 Å². The Morgan fingerprint density at radius 2 is 2.13 bits per heavy atom. The van der Waals surface area contributed by atoms with Crippen LogP contribution in [-0.4, -0.2) is 40.4 Å². The molecule has 4 heteroatoms. The smallest absolute Gasteiger partial charge is 0.410 e. The van der Waals surface area contributed by atoms with Crippen molar-refractivity contribution >= 4 is 6.09 Å². The summed E-state index contributed by atoms with van der Waals surface area (Å²) in [6.45, 7) is 6.23. The van der Waals surface area contributed by atoms with Crippen LogP contribution in [0.1, 0.15) is 33.6 Å². The van der Waals surface area contributed by atoms with Crippen LogP contribution in [0.2, 0.25) is 0 Å². The van der Waals surface area contributed by atoms with Gasteiger partial charge in [-0.15, -0.1) is 0 Å². The van der Waals surface area contributed by atoms with Gasteiger partial charge in [-0.05, 0) is 33.6 Å². The summed E-state index contributed by atoms with van der Waals surface area (Å²) >= 11 is 0. The number of rotatable bonds is 0. The summed E-state index contributed by atoms with van der Waals surface area (Å²) in [6, 6.07) is 0.226. The zero-order valence-electron chi connectivity index (χ0n) is 9.56. The molecule has 15 heavy (non-hydrogen) atoms. The molecule has 3 unspecified atom stereocenters. The summed E-state index contributed by atoms with van der Waals surface area (Å²) in [4.78, 5) is 13.5. The minimum absolute atomic E-state index is 0.214. The Hall–Kier alpha value is -0.770. The predicted molar refractivity (Wildman–Crippen MR) is 55.5 cm³/mol. The maximum Gasteiger partial charge on any atom is 0.410 e. The molecule has 2 rings (SSSR count). The van der Waals surface area contributed by atoms with E-state index in [1.807, 2.05) is 20.8 Å². The quantitative estimate of drug-likeness (QED) is 0.661. The highest BCUT2D eigenvalue weighted by Gasteiger charge is 2.51. The van der Waals surface area contributed by atoms with Crippen molar-refractivity contribution in [3.05, 3.63) is 0 Å². The highest BCUT2D eigenvalue weighted by atomic mass is 16.6. The molecule has 1 aliphatic heterocycles. The summed E-state index contributed by atoms with van der Waals surface area (Å²) in [6.07, 6.45) is 1.16. The lowest BCUT2D eigenvalue weighted by Crippen LogP contribution is -2.44. The molecule has 2 aliphatic rings. The fourth-order valence-corrected chi connectivity index (χ4v) is 2.17. The van der Waals surface area contributed by atoms with Crippen molar-refractivity contribution in [1.82, 2.24) is 4.90 Å². The van der Waals surface area contributed by atoms with E-state index in [-0.39, 0.29) is 18.2 Å². The van der Waals surface area contributed by atoms with Gasteiger partial charge in [0, 0.05) is 18.5 Å². The Morgan fingerprint density at radius 3 is 2.73 bits per heavy atom. The largest absolute Gasteiger partial charge is 0.444 e. The average molecular weight is 213 g/mol. The van der Waals surface area contributed by atoms with E-state index >= 15 is 0 Å². The maximum atomic E-state index is 11.8. The number of fused-ring (bicyclic) bond motifs is 1. The summed E-state index contributed by atoms with van der Waals surface area (Å²) in [5.41, 5.74) is -0.433. The molecule has 0 radical (unpaired) electrons. The molecule has 86 valence electrons. The first-order valence-corrected chi connectivity index (χ1v) is 5.56. The van der Waals surface area contributed by atoms with E-state index in [1.165, 1.54) is 0 Å². The van der Waals surface area contributed by atoms with Gasteiger partial charge in [-0.25, -0.2) is 4.79 Å². The molecule has 4 nitrogen and oxygen atoms in total. The second-order valence-electron chi connectivity index (χ2n) is 5.50. The van der Waals surface area contributed by atoms with E-state index < -0.39 is 5.60 Å². The molecule has 2 fully saturated rings. The molecule has 1 amide bonds. The molecule has 1 N–H and O–H groups in total. The summed E-state index contributed by atoms with van der Waals surface area (Å²) in [7, 11) is 0. The molecule has 1 aliphatic carbocycles. The van der Waals surface area contributed by atoms with Crippen LogP contribution in [0.3, 0.4) is 0 Å². The molecular weight excluding hydrogens is 194 g/mol. The third kappa shape index (κ3) is 2.25. The zero-order chi connectivity index (χ0) is 11.2. The van der Waals surface area contributed by atoms with E-state index in [4.69, 9.17) is 4.74 Å². The molecule has 0 spiro atoms. The predicted octanol–water partition coefficient (Wildman–Crippen LogP) is 1.38. The van der Waals surface area contributed by atoms with Crippen LogP contribution in [0, 0.1) is 5.92 Å². The number of hydrogen-bond donors (Lipinski definition) is 1. The Kier molecular flexibility index (Phi) is 2.41. The van der Waals surface area contributed by atoms with Crippen molar-refractivity contribution in [1.29, 1.82) is 0 Å². The van der Waals surface area contributed by atoms with Gasteiger partial charge in [0.15, 0.2) is 0 Å². The topological polar surface area (TPSA) is 49.8 Å². The van der Waals surface area contributed by atoms with Gasteiger partial charge in [-0.2, -0.15) is 0 Å². The van der Waals surface area contributed by atoms with Crippen molar-refractivity contribution in [3.8, 4) is 0 Å². The van der Waals surface area contributed by atoms with E-state index in [2.05, 4.69) is 0 Å². The Labute approximate surface area is 90.2 Å². The first-order valence-electron chi connectivity index (χ1n) is 5.56. The minimum Gasteiger partial charge on any atom is -0.444 e. The van der Waals surface area contributed by atoms with Crippen LogP contribution >= 0.6 is 0 Å². The van der Waals surface area contributed by atoms with Gasteiger partial charge in [0.05, 0.1) is 6.10 Å². The first kappa shape index (κ1) is 10.7. The fraction of sp³-hybridized carbons (Fsp3) is 0.909. The number of piperidine rings is 1. The highest BCUT2D eigenvalue weighted by molar-refractivity contribution is 5.69. The number of carbonyl (C=O) groups is 1. The molecule has 0 aromatic heterocycles. The SMILES string of the molecule is CC(C)(C)OC(=O)N1CCC(O)C2CC21. The van der Waals surface area contributed by atoms with Gasteiger partial charge in [0.25, 0.3) is 0 Å². The monoisotopic (exact) mass is 213 g/mol. The first-order chi connectivity index (χ1) is 6.88. The maximum absolute atomic E-state index is 11.8. The normalized spacial score (nSPS) is 34.7. The number of nitrogens with zero attached hydrogens (tertiary/aromatic N) is 1. The van der Waals surface area contributed by atoms with Crippen molar-refractivity contribution in [2.75, 3.05) is 6.54 Å². The van der Waals surface area contributed by atoms with Crippen LogP contribution in [0.25, 0.3) is 0 Å². The second kappa shape index (κ2) is 3.37. The van der Waals surface area contributed by atoms with Gasteiger partial charge in [-0.1, -0.05) is 0 Å². The number of aliphatic hydroxyl groups is 1. The standard InChI is InChI=1S/C11H19NO3/c1-11(2,3)15-10(14)12-5-4-9(13)7-6-8(7)12/h7-9,13H,4-6H2,1-3H3. The van der Waals surface area contributed by atoms with Crippen molar-refractivity contribution < 1.29 is 14.6 Å². The van der Waals surface area contributed by atoms with Crippen LogP contribution < -0.4 is 0 Å². The lowest BCUT2D eigenvalue weighted by molar-refractivity contribution is 0.00788. The third-order valence-corrected chi connectivity index (χ3v) is 2.99. The number of hydrogen-bond acceptors (Lipinski definition) is 3. The summed E-state index contributed by atoms with van der Waals surface area (Å²) in [5, 5.41) is 9.57. The third-order valence-electron chi connectivity index (χ3n) is 2.99. The van der Waals surface area contributed by atoms with Crippen molar-refractivity contribution in [2.24, 2.45) is 5.92 Å². The van der Waals surface area contributed by atoms with E-state index in [1.54, 1.807) is 4.90 Å². The van der Waals surface area contributed by atoms with Gasteiger partial charge < -0.3 is 14.7 Å². The second-order valence-corrected chi connectivity index (χ2v) is 5.50. The van der Waals surface area contributed by atoms with Crippen LogP contribution in [-0.2, 0) is 4.74 Å². The molecule has 1 heterocycles. The van der Waals surface area contributed by atoms with Gasteiger partial charge in [0.2, 0.25) is 0 Å². The van der Waals surface area contributed by atoms with E-state index in [0.29, 0.717) is 18.9 Å². The Morgan fingerprint density at radius 1 is 1.47 bits per heavy atom. The lowest BCUT2D eigenvalue weighted by atomic mass is 10.1. The minimum atomic E-state index is -0.433. The molecule has 1 saturated heterocycles. The molecule has 0 aromatic rings. The summed E-state index contributed by atoms with van der Waals surface area (Å²) < 4.78 is 5.31. The fourth-order valence-electron chi connectivity index (χ4n) is 2.17. The Balaban J connectivity index is 1.92. The molecule has 0 aromatic carbocycles. The highest BCUT2D eigenvalue weighted by Crippen LogP contribution is 2.43. The number of carbonyl (C=O) groups excluding carboxylic acids is 1. The van der Waals surface area contributed by atoms with Gasteiger partial charge in [-0.3, -0.25) is 0 Å². The lowest BCUT2D eigenvalue weighted by Gasteiger charge is -2.31. The number of amides is 1. The van der Waals surface area contributed by atoms with Crippen LogP contribution in [0.15, 0.2) is 0 Å². The number of ether oxygens (including phenoxy) is 1. The number of aliphatic hydroxyl groups excluding tert-OH is 1. The van der Waals surface area contributed by atoms with Gasteiger partial charge >= 0.3 is 6.09 Å². The molecular formula is C11H19NO3. The molecule has 1 saturated carbocycles. The molecule has 0 bridgehead atoms. The van der Waals surface area contributed by atoms with Gasteiger partial charge in [0.1, 0.15) is 5.60 Å². The summed E-state index contributed by atoms with van der Waals surface area (Å²) in [5.74, 6) is 0.297. The van der Waals surface area contributed by atoms with E-state index in [0.717, 1.165) is 6.42 Å². The molecule has 3 atom stereocenters.